The lowest BCUT2D eigenvalue weighted by Gasteiger charge is -2.24. The zero-order valence-electron chi connectivity index (χ0n) is 15.1. The fraction of sp³-hybridized carbons (Fsp3) is 0.556. The number of carbonyl (C=O) groups is 1. The molecule has 1 unspecified atom stereocenters. The quantitative estimate of drug-likeness (QED) is 0.411. The molecule has 1 atom stereocenters. The standard InChI is InChI=1S/C18H27FN4OS/c1-13-5-6-14(11-15(13)19)16(24)21-8-9-22-17(20-3)23-12-18(2)7-4-10-25-18/h5-6,11H,4,7-10,12H2,1-3H3,(H,21,24)(H2,20,22,23). The van der Waals surface area contributed by atoms with E-state index in [1.165, 1.54) is 24.7 Å². The van der Waals surface area contributed by atoms with Crippen LogP contribution in [0.1, 0.15) is 35.7 Å². The van der Waals surface area contributed by atoms with Gasteiger partial charge in [0.15, 0.2) is 5.96 Å². The first kappa shape index (κ1) is 19.6. The summed E-state index contributed by atoms with van der Waals surface area (Å²) in [5.74, 6) is 1.30. The van der Waals surface area contributed by atoms with Crippen LogP contribution in [0.2, 0.25) is 0 Å². The van der Waals surface area contributed by atoms with Crippen molar-refractivity contribution >= 4 is 23.6 Å². The number of hydrogen-bond acceptors (Lipinski definition) is 3. The molecular formula is C18H27FN4OS. The zero-order chi connectivity index (χ0) is 18.3. The Morgan fingerprint density at radius 1 is 1.32 bits per heavy atom. The summed E-state index contributed by atoms with van der Waals surface area (Å²) in [6.45, 7) is 5.78. The minimum atomic E-state index is -0.367. The predicted molar refractivity (Wildman–Crippen MR) is 103 cm³/mol. The molecule has 1 aromatic rings. The number of guanidine groups is 1. The normalized spacial score (nSPS) is 20.4. The van der Waals surface area contributed by atoms with Crippen LogP contribution in [0.5, 0.6) is 0 Å². The van der Waals surface area contributed by atoms with Crippen molar-refractivity contribution in [3.8, 4) is 0 Å². The van der Waals surface area contributed by atoms with Gasteiger partial charge >= 0.3 is 0 Å². The highest BCUT2D eigenvalue weighted by Crippen LogP contribution is 2.36. The molecule has 1 saturated heterocycles. The van der Waals surface area contributed by atoms with Crippen LogP contribution in [0.15, 0.2) is 23.2 Å². The van der Waals surface area contributed by atoms with E-state index in [9.17, 15) is 9.18 Å². The first-order chi connectivity index (χ1) is 11.9. The summed E-state index contributed by atoms with van der Waals surface area (Å²) >= 11 is 2.00. The van der Waals surface area contributed by atoms with Crippen molar-refractivity contribution in [2.45, 2.75) is 31.4 Å². The lowest BCUT2D eigenvalue weighted by Crippen LogP contribution is -2.45. The number of halogens is 1. The lowest BCUT2D eigenvalue weighted by atomic mass is 10.1. The molecule has 1 aromatic carbocycles. The molecule has 5 nitrogen and oxygen atoms in total. The molecule has 0 radical (unpaired) electrons. The molecule has 1 fully saturated rings. The first-order valence-electron chi connectivity index (χ1n) is 8.56. The average Bonchev–Trinajstić information content (AvgIpc) is 3.03. The molecule has 25 heavy (non-hydrogen) atoms. The molecule has 0 saturated carbocycles. The van der Waals surface area contributed by atoms with Gasteiger partial charge in [0.25, 0.3) is 5.91 Å². The van der Waals surface area contributed by atoms with Gasteiger partial charge in [-0.05, 0) is 50.1 Å². The van der Waals surface area contributed by atoms with Crippen molar-refractivity contribution in [3.63, 3.8) is 0 Å². The van der Waals surface area contributed by atoms with Crippen LogP contribution >= 0.6 is 11.8 Å². The van der Waals surface area contributed by atoms with E-state index in [-0.39, 0.29) is 16.5 Å². The zero-order valence-corrected chi connectivity index (χ0v) is 15.9. The number of aliphatic imine (C=N–C) groups is 1. The largest absolute Gasteiger partial charge is 0.355 e. The predicted octanol–water partition coefficient (Wildman–Crippen LogP) is 2.31. The summed E-state index contributed by atoms with van der Waals surface area (Å²) in [6.07, 6.45) is 2.48. The monoisotopic (exact) mass is 366 g/mol. The molecule has 138 valence electrons. The second-order valence-corrected chi connectivity index (χ2v) is 8.16. The summed E-state index contributed by atoms with van der Waals surface area (Å²) in [5.41, 5.74) is 0.860. The number of amides is 1. The Kier molecular flexibility index (Phi) is 7.11. The van der Waals surface area contributed by atoms with E-state index in [1.807, 2.05) is 11.8 Å². The fourth-order valence-corrected chi connectivity index (χ4v) is 3.91. The summed E-state index contributed by atoms with van der Waals surface area (Å²) in [4.78, 5) is 16.2. The second-order valence-electron chi connectivity index (χ2n) is 6.47. The summed E-state index contributed by atoms with van der Waals surface area (Å²) < 4.78 is 13.8. The number of benzene rings is 1. The Morgan fingerprint density at radius 3 is 2.72 bits per heavy atom. The van der Waals surface area contributed by atoms with Gasteiger partial charge in [-0.2, -0.15) is 11.8 Å². The SMILES string of the molecule is CN=C(NCCNC(=O)c1ccc(C)c(F)c1)NCC1(C)CCCS1. The molecule has 0 aliphatic carbocycles. The van der Waals surface area contributed by atoms with Gasteiger partial charge in [0, 0.05) is 37.0 Å². The third kappa shape index (κ3) is 5.92. The van der Waals surface area contributed by atoms with Gasteiger partial charge in [-0.15, -0.1) is 0 Å². The Balaban J connectivity index is 1.70. The number of nitrogens with zero attached hydrogens (tertiary/aromatic N) is 1. The summed E-state index contributed by atoms with van der Waals surface area (Å²) in [5, 5.41) is 9.29. The smallest absolute Gasteiger partial charge is 0.251 e. The van der Waals surface area contributed by atoms with Crippen molar-refractivity contribution in [3.05, 3.63) is 35.1 Å². The molecule has 1 aliphatic heterocycles. The molecule has 0 aromatic heterocycles. The molecule has 1 amide bonds. The Bertz CT molecular complexity index is 630. The van der Waals surface area contributed by atoms with Gasteiger partial charge in [0.05, 0.1) is 0 Å². The fourth-order valence-electron chi connectivity index (χ4n) is 2.66. The summed E-state index contributed by atoms with van der Waals surface area (Å²) in [6, 6.07) is 4.50. The van der Waals surface area contributed by atoms with E-state index >= 15 is 0 Å². The highest BCUT2D eigenvalue weighted by molar-refractivity contribution is 8.00. The third-order valence-electron chi connectivity index (χ3n) is 4.29. The highest BCUT2D eigenvalue weighted by Gasteiger charge is 2.29. The van der Waals surface area contributed by atoms with E-state index < -0.39 is 0 Å². The second kappa shape index (κ2) is 9.08. The van der Waals surface area contributed by atoms with Crippen LogP contribution < -0.4 is 16.0 Å². The molecular weight excluding hydrogens is 339 g/mol. The van der Waals surface area contributed by atoms with Crippen LogP contribution in [-0.4, -0.2) is 49.0 Å². The number of rotatable bonds is 6. The van der Waals surface area contributed by atoms with E-state index in [4.69, 9.17) is 0 Å². The summed E-state index contributed by atoms with van der Waals surface area (Å²) in [7, 11) is 1.73. The van der Waals surface area contributed by atoms with Crippen LogP contribution in [0.25, 0.3) is 0 Å². The van der Waals surface area contributed by atoms with E-state index in [1.54, 1.807) is 26.1 Å². The van der Waals surface area contributed by atoms with Crippen LogP contribution in [0, 0.1) is 12.7 Å². The van der Waals surface area contributed by atoms with Crippen molar-refractivity contribution in [1.82, 2.24) is 16.0 Å². The highest BCUT2D eigenvalue weighted by atomic mass is 32.2. The number of aryl methyl sites for hydroxylation is 1. The van der Waals surface area contributed by atoms with Crippen LogP contribution in [0.4, 0.5) is 4.39 Å². The maximum Gasteiger partial charge on any atom is 0.251 e. The topological polar surface area (TPSA) is 65.5 Å². The maximum atomic E-state index is 13.5. The van der Waals surface area contributed by atoms with E-state index in [0.717, 1.165) is 12.5 Å². The lowest BCUT2D eigenvalue weighted by molar-refractivity contribution is 0.0954. The molecule has 7 heteroatoms. The van der Waals surface area contributed by atoms with Crippen molar-refractivity contribution < 1.29 is 9.18 Å². The Labute approximate surface area is 153 Å². The van der Waals surface area contributed by atoms with Gasteiger partial charge in [-0.1, -0.05) is 6.07 Å². The van der Waals surface area contributed by atoms with E-state index in [0.29, 0.717) is 24.2 Å². The number of thioether (sulfide) groups is 1. The number of hydrogen-bond donors (Lipinski definition) is 3. The van der Waals surface area contributed by atoms with Crippen LogP contribution in [0.3, 0.4) is 0 Å². The molecule has 1 aliphatic rings. The van der Waals surface area contributed by atoms with Gasteiger partial charge in [0.2, 0.25) is 0 Å². The Hall–Kier alpha value is -1.76. The molecule has 1 heterocycles. The molecule has 2 rings (SSSR count). The number of nitrogens with one attached hydrogen (secondary N) is 3. The van der Waals surface area contributed by atoms with Crippen molar-refractivity contribution in [1.29, 1.82) is 0 Å². The third-order valence-corrected chi connectivity index (χ3v) is 5.83. The van der Waals surface area contributed by atoms with Gasteiger partial charge in [0.1, 0.15) is 5.82 Å². The maximum absolute atomic E-state index is 13.5. The van der Waals surface area contributed by atoms with Crippen molar-refractivity contribution in [2.75, 3.05) is 32.4 Å². The van der Waals surface area contributed by atoms with Gasteiger partial charge in [-0.25, -0.2) is 4.39 Å². The Morgan fingerprint density at radius 2 is 2.08 bits per heavy atom. The van der Waals surface area contributed by atoms with Gasteiger partial charge < -0.3 is 16.0 Å². The molecule has 0 spiro atoms. The first-order valence-corrected chi connectivity index (χ1v) is 9.55. The minimum Gasteiger partial charge on any atom is -0.355 e. The average molecular weight is 367 g/mol. The number of carbonyl (C=O) groups excluding carboxylic acids is 1. The van der Waals surface area contributed by atoms with E-state index in [2.05, 4.69) is 27.9 Å². The van der Waals surface area contributed by atoms with Crippen LogP contribution in [-0.2, 0) is 0 Å². The molecule has 3 N–H and O–H groups in total. The minimum absolute atomic E-state index is 0.265. The van der Waals surface area contributed by atoms with Gasteiger partial charge in [-0.3, -0.25) is 9.79 Å². The molecule has 0 bridgehead atoms. The van der Waals surface area contributed by atoms with Crippen molar-refractivity contribution in [2.24, 2.45) is 4.99 Å².